The molecule has 176 valence electrons. The molecular formula is C27H35N3O3. The van der Waals surface area contributed by atoms with E-state index in [1.54, 1.807) is 4.57 Å². The molecule has 0 radical (unpaired) electrons. The molecule has 1 saturated carbocycles. The lowest BCUT2D eigenvalue weighted by molar-refractivity contribution is 0.0633. The van der Waals surface area contributed by atoms with Crippen LogP contribution in [-0.2, 0) is 13.2 Å². The molecule has 0 bridgehead atoms. The number of hydrogen-bond acceptors (Lipinski definition) is 4. The fraction of sp³-hybridized carbons (Fsp3) is 0.481. The van der Waals surface area contributed by atoms with Crippen LogP contribution in [0.25, 0.3) is 11.0 Å². The molecule has 0 saturated heterocycles. The first-order valence-electron chi connectivity index (χ1n) is 12.1. The average molecular weight is 450 g/mol. The Hall–Kier alpha value is -2.86. The number of carbonyl (C=O) groups excluding carboxylic acids is 1. The molecule has 0 spiro atoms. The highest BCUT2D eigenvalue weighted by Crippen LogP contribution is 2.39. The van der Waals surface area contributed by atoms with Gasteiger partial charge in [0, 0.05) is 25.1 Å². The van der Waals surface area contributed by atoms with Gasteiger partial charge in [-0.15, -0.1) is 0 Å². The number of hydrogen-bond donors (Lipinski definition) is 1. The predicted molar refractivity (Wildman–Crippen MR) is 131 cm³/mol. The van der Waals surface area contributed by atoms with Crippen LogP contribution in [0.2, 0.25) is 0 Å². The summed E-state index contributed by atoms with van der Waals surface area (Å²) in [5.41, 5.74) is 7.90. The van der Waals surface area contributed by atoms with Crippen LogP contribution >= 0.6 is 0 Å². The molecule has 0 unspecified atom stereocenters. The Balaban J connectivity index is 1.71. The monoisotopic (exact) mass is 449 g/mol. The van der Waals surface area contributed by atoms with Crippen LogP contribution in [0.15, 0.2) is 53.3 Å². The van der Waals surface area contributed by atoms with E-state index in [1.165, 1.54) is 4.57 Å². The van der Waals surface area contributed by atoms with Crippen LogP contribution in [0.1, 0.15) is 50.4 Å². The van der Waals surface area contributed by atoms with Crippen molar-refractivity contribution in [3.05, 3.63) is 64.6 Å². The molecule has 6 nitrogen and oxygen atoms in total. The van der Waals surface area contributed by atoms with E-state index in [4.69, 9.17) is 10.5 Å². The van der Waals surface area contributed by atoms with Crippen molar-refractivity contribution in [1.82, 2.24) is 9.13 Å². The van der Waals surface area contributed by atoms with Crippen LogP contribution in [0.4, 0.5) is 0 Å². The lowest BCUT2D eigenvalue weighted by Gasteiger charge is -2.36. The molecule has 4 rings (SSSR count). The maximum Gasteiger partial charge on any atom is 0.336 e. The van der Waals surface area contributed by atoms with Gasteiger partial charge in [0.2, 0.25) is 5.91 Å². The molecule has 3 aromatic rings. The third-order valence-electron chi connectivity index (χ3n) is 7.06. The van der Waals surface area contributed by atoms with Crippen LogP contribution < -0.4 is 16.2 Å². The van der Waals surface area contributed by atoms with Crippen molar-refractivity contribution in [2.75, 3.05) is 6.54 Å². The molecule has 1 aliphatic carbocycles. The van der Waals surface area contributed by atoms with E-state index in [2.05, 4.69) is 20.8 Å². The van der Waals surface area contributed by atoms with Gasteiger partial charge in [-0.25, -0.2) is 9.36 Å². The largest absolute Gasteiger partial charge is 0.489 e. The maximum atomic E-state index is 13.8. The summed E-state index contributed by atoms with van der Waals surface area (Å²) in [5, 5.41) is 0. The van der Waals surface area contributed by atoms with Crippen molar-refractivity contribution < 1.29 is 9.53 Å². The summed E-state index contributed by atoms with van der Waals surface area (Å²) in [6.45, 7) is 7.66. The summed E-state index contributed by atoms with van der Waals surface area (Å²) in [4.78, 5) is 27.2. The van der Waals surface area contributed by atoms with E-state index < -0.39 is 0 Å². The molecule has 2 N–H and O–H groups in total. The van der Waals surface area contributed by atoms with Crippen molar-refractivity contribution in [2.45, 2.75) is 53.2 Å². The quantitative estimate of drug-likeness (QED) is 0.568. The number of imidazole rings is 1. The standard InChI is InChI=1S/C27H35N3O3/c1-18(2)22-11-9-19(3)15-23(22)26(31)30-24-12-10-21(33-17-20-7-5-4-6-8-20)16-25(24)29(14-13-28)27(30)32/h4-8,10,12,16,18-19,22-23H,9,11,13-15,17,28H2,1-3H3/t19-,22+,23-/m1/s1. The van der Waals surface area contributed by atoms with Gasteiger partial charge in [-0.2, -0.15) is 0 Å². The van der Waals surface area contributed by atoms with E-state index in [1.807, 2.05) is 48.5 Å². The second-order valence-electron chi connectivity index (χ2n) is 9.75. The molecule has 33 heavy (non-hydrogen) atoms. The highest BCUT2D eigenvalue weighted by molar-refractivity contribution is 5.92. The Bertz CT molecular complexity index is 1160. The van der Waals surface area contributed by atoms with Gasteiger partial charge in [0.25, 0.3) is 0 Å². The number of nitrogens with two attached hydrogens (primary N) is 1. The van der Waals surface area contributed by atoms with Gasteiger partial charge in [0.15, 0.2) is 0 Å². The molecule has 1 fully saturated rings. The Labute approximate surface area is 195 Å². The van der Waals surface area contributed by atoms with Crippen molar-refractivity contribution in [2.24, 2.45) is 29.4 Å². The van der Waals surface area contributed by atoms with E-state index in [0.29, 0.717) is 54.2 Å². The normalized spacial score (nSPS) is 20.9. The summed E-state index contributed by atoms with van der Waals surface area (Å²) >= 11 is 0. The highest BCUT2D eigenvalue weighted by atomic mass is 16.5. The minimum atomic E-state index is -0.304. The molecule has 6 heteroatoms. The van der Waals surface area contributed by atoms with E-state index in [0.717, 1.165) is 24.8 Å². The van der Waals surface area contributed by atoms with Gasteiger partial charge in [0.05, 0.1) is 11.0 Å². The molecule has 0 aliphatic heterocycles. The van der Waals surface area contributed by atoms with Gasteiger partial charge in [-0.05, 0) is 48.3 Å². The molecule has 1 heterocycles. The first-order chi connectivity index (χ1) is 15.9. The number of aromatic nitrogens is 2. The summed E-state index contributed by atoms with van der Waals surface area (Å²) < 4.78 is 8.98. The molecular weight excluding hydrogens is 414 g/mol. The Morgan fingerprint density at radius 1 is 1.12 bits per heavy atom. The zero-order valence-electron chi connectivity index (χ0n) is 19.9. The highest BCUT2D eigenvalue weighted by Gasteiger charge is 2.37. The van der Waals surface area contributed by atoms with Crippen LogP contribution in [0, 0.1) is 23.7 Å². The Morgan fingerprint density at radius 3 is 2.58 bits per heavy atom. The van der Waals surface area contributed by atoms with Crippen LogP contribution in [0.5, 0.6) is 5.75 Å². The second kappa shape index (κ2) is 9.96. The van der Waals surface area contributed by atoms with Crippen molar-refractivity contribution in [1.29, 1.82) is 0 Å². The Kier molecular flexibility index (Phi) is 7.03. The number of rotatable bonds is 7. The smallest absolute Gasteiger partial charge is 0.336 e. The minimum Gasteiger partial charge on any atom is -0.489 e. The zero-order valence-corrected chi connectivity index (χ0v) is 19.9. The minimum absolute atomic E-state index is 0.0797. The van der Waals surface area contributed by atoms with Crippen LogP contribution in [-0.4, -0.2) is 21.6 Å². The SMILES string of the molecule is CC(C)[C@@H]1CC[C@@H](C)C[C@H]1C(=O)n1c(=O)n(CCN)c2cc(OCc3ccccc3)ccc21. The van der Waals surface area contributed by atoms with Gasteiger partial charge >= 0.3 is 5.69 Å². The van der Waals surface area contributed by atoms with Gasteiger partial charge < -0.3 is 10.5 Å². The van der Waals surface area contributed by atoms with Gasteiger partial charge in [-0.3, -0.25) is 9.36 Å². The number of benzene rings is 2. The number of carbonyl (C=O) groups is 1. The molecule has 3 atom stereocenters. The third kappa shape index (κ3) is 4.76. The summed E-state index contributed by atoms with van der Waals surface area (Å²) in [6, 6.07) is 15.5. The molecule has 1 aliphatic rings. The van der Waals surface area contributed by atoms with Crippen molar-refractivity contribution in [3.63, 3.8) is 0 Å². The molecule has 1 aromatic heterocycles. The zero-order chi connectivity index (χ0) is 23.5. The maximum absolute atomic E-state index is 13.8. The second-order valence-corrected chi connectivity index (χ2v) is 9.75. The fourth-order valence-electron chi connectivity index (χ4n) is 5.28. The van der Waals surface area contributed by atoms with Gasteiger partial charge in [0.1, 0.15) is 12.4 Å². The van der Waals surface area contributed by atoms with Crippen molar-refractivity contribution >= 4 is 16.9 Å². The lowest BCUT2D eigenvalue weighted by atomic mass is 9.69. The van der Waals surface area contributed by atoms with E-state index in [-0.39, 0.29) is 17.5 Å². The average Bonchev–Trinajstić information content (AvgIpc) is 3.08. The summed E-state index contributed by atoms with van der Waals surface area (Å²) in [7, 11) is 0. The molecule has 0 amide bonds. The lowest BCUT2D eigenvalue weighted by Crippen LogP contribution is -2.40. The number of ether oxygens (including phenoxy) is 1. The Morgan fingerprint density at radius 2 is 1.88 bits per heavy atom. The summed E-state index contributed by atoms with van der Waals surface area (Å²) in [6.07, 6.45) is 3.00. The van der Waals surface area contributed by atoms with Gasteiger partial charge in [-0.1, -0.05) is 57.5 Å². The molecule has 2 aromatic carbocycles. The predicted octanol–water partition coefficient (Wildman–Crippen LogP) is 4.69. The number of nitrogens with zero attached hydrogens (tertiary/aromatic N) is 2. The summed E-state index contributed by atoms with van der Waals surface area (Å²) in [5.74, 6) is 1.62. The van der Waals surface area contributed by atoms with Crippen LogP contribution in [0.3, 0.4) is 0 Å². The first kappa shape index (κ1) is 23.3. The third-order valence-corrected chi connectivity index (χ3v) is 7.06. The van der Waals surface area contributed by atoms with E-state index >= 15 is 0 Å². The number of fused-ring (bicyclic) bond motifs is 1. The van der Waals surface area contributed by atoms with E-state index in [9.17, 15) is 9.59 Å². The fourth-order valence-corrected chi connectivity index (χ4v) is 5.28. The topological polar surface area (TPSA) is 79.2 Å². The van der Waals surface area contributed by atoms with Crippen molar-refractivity contribution in [3.8, 4) is 5.75 Å². The first-order valence-corrected chi connectivity index (χ1v) is 12.1.